The fraction of sp³-hybridized carbons (Fsp3) is 0.714. The van der Waals surface area contributed by atoms with Crippen LogP contribution >= 0.6 is 0 Å². The molecule has 1 aliphatic rings. The molecule has 2 rings (SSSR count). The van der Waals surface area contributed by atoms with E-state index in [0.717, 1.165) is 45.9 Å². The van der Waals surface area contributed by atoms with Gasteiger partial charge < -0.3 is 14.6 Å². The third-order valence-electron chi connectivity index (χ3n) is 3.48. The molecule has 4 heteroatoms. The number of rotatable bonds is 6. The van der Waals surface area contributed by atoms with Crippen LogP contribution in [0.15, 0.2) is 18.5 Å². The van der Waals surface area contributed by atoms with E-state index >= 15 is 0 Å². The molecular weight excluding hydrogens is 226 g/mol. The molecule has 0 radical (unpaired) electrons. The minimum atomic E-state index is 0.332. The monoisotopic (exact) mass is 251 g/mol. The van der Waals surface area contributed by atoms with Gasteiger partial charge in [-0.25, -0.2) is 0 Å². The van der Waals surface area contributed by atoms with Crippen LogP contribution in [0, 0.1) is 0 Å². The predicted octanol–water partition coefficient (Wildman–Crippen LogP) is 1.32. The van der Waals surface area contributed by atoms with Crippen LogP contribution in [0.2, 0.25) is 0 Å². The average Bonchev–Trinajstić information content (AvgIpc) is 2.84. The number of likely N-dealkylation sites (N-methyl/N-ethyl adjacent to an activating group) is 1. The first-order valence-electron chi connectivity index (χ1n) is 7.01. The van der Waals surface area contributed by atoms with E-state index < -0.39 is 0 Å². The summed E-state index contributed by atoms with van der Waals surface area (Å²) in [6, 6.07) is 2.18. The Kier molecular flexibility index (Phi) is 5.23. The lowest BCUT2D eigenvalue weighted by Gasteiger charge is -2.32. The number of ether oxygens (including phenoxy) is 1. The van der Waals surface area contributed by atoms with E-state index in [1.807, 2.05) is 0 Å². The van der Waals surface area contributed by atoms with Gasteiger partial charge in [-0.15, -0.1) is 0 Å². The van der Waals surface area contributed by atoms with Crippen molar-refractivity contribution >= 4 is 0 Å². The summed E-state index contributed by atoms with van der Waals surface area (Å²) in [7, 11) is 0. The molecule has 0 bridgehead atoms. The second-order valence-corrected chi connectivity index (χ2v) is 4.88. The van der Waals surface area contributed by atoms with Crippen molar-refractivity contribution < 1.29 is 4.74 Å². The number of hydrogen-bond acceptors (Lipinski definition) is 3. The van der Waals surface area contributed by atoms with Gasteiger partial charge in [0.2, 0.25) is 0 Å². The molecule has 2 heterocycles. The van der Waals surface area contributed by atoms with Crippen LogP contribution in [-0.4, -0.2) is 48.4 Å². The maximum absolute atomic E-state index is 5.83. The van der Waals surface area contributed by atoms with Gasteiger partial charge in [-0.2, -0.15) is 0 Å². The maximum Gasteiger partial charge on any atom is 0.0880 e. The molecule has 4 nitrogen and oxygen atoms in total. The van der Waals surface area contributed by atoms with Gasteiger partial charge in [0.1, 0.15) is 0 Å². The van der Waals surface area contributed by atoms with Gasteiger partial charge in [0, 0.05) is 38.6 Å². The largest absolute Gasteiger partial charge is 0.374 e. The van der Waals surface area contributed by atoms with Crippen LogP contribution in [0.1, 0.15) is 19.4 Å². The lowest BCUT2D eigenvalue weighted by Crippen LogP contribution is -2.43. The van der Waals surface area contributed by atoms with Crippen molar-refractivity contribution in [3.05, 3.63) is 24.0 Å². The first-order chi connectivity index (χ1) is 8.81. The highest BCUT2D eigenvalue weighted by molar-refractivity contribution is 5.10. The summed E-state index contributed by atoms with van der Waals surface area (Å²) < 4.78 is 8.07. The van der Waals surface area contributed by atoms with E-state index in [4.69, 9.17) is 4.74 Å². The van der Waals surface area contributed by atoms with Crippen LogP contribution in [-0.2, 0) is 17.8 Å². The molecule has 1 atom stereocenters. The first kappa shape index (κ1) is 13.6. The summed E-state index contributed by atoms with van der Waals surface area (Å²) in [6.07, 6.45) is 4.70. The Bertz CT molecular complexity index is 351. The van der Waals surface area contributed by atoms with Crippen molar-refractivity contribution in [2.75, 3.05) is 32.8 Å². The first-order valence-corrected chi connectivity index (χ1v) is 7.01. The summed E-state index contributed by atoms with van der Waals surface area (Å²) in [4.78, 5) is 2.46. The maximum atomic E-state index is 5.83. The Balaban J connectivity index is 1.83. The molecule has 1 fully saturated rings. The van der Waals surface area contributed by atoms with Crippen LogP contribution < -0.4 is 5.32 Å². The lowest BCUT2D eigenvalue weighted by atomic mass is 10.2. The van der Waals surface area contributed by atoms with Crippen molar-refractivity contribution in [2.45, 2.75) is 33.0 Å². The summed E-state index contributed by atoms with van der Waals surface area (Å²) in [5.74, 6) is 0. The van der Waals surface area contributed by atoms with Crippen molar-refractivity contribution in [3.63, 3.8) is 0 Å². The minimum Gasteiger partial charge on any atom is -0.374 e. The lowest BCUT2D eigenvalue weighted by molar-refractivity contribution is -0.0342. The molecule has 0 aromatic carbocycles. The highest BCUT2D eigenvalue weighted by Crippen LogP contribution is 2.09. The van der Waals surface area contributed by atoms with Crippen molar-refractivity contribution in [3.8, 4) is 0 Å². The fourth-order valence-corrected chi connectivity index (χ4v) is 2.39. The number of hydrogen-bond donors (Lipinski definition) is 1. The molecule has 18 heavy (non-hydrogen) atoms. The number of aromatic nitrogens is 1. The quantitative estimate of drug-likeness (QED) is 0.827. The fourth-order valence-electron chi connectivity index (χ4n) is 2.39. The standard InChI is InChI=1S/C14H25N3O/c1-3-15-9-13-5-6-17(10-13)12-14-11-16(4-2)7-8-18-14/h5-6,10,14-15H,3-4,7-9,11-12H2,1-2H3. The second-order valence-electron chi connectivity index (χ2n) is 4.88. The molecule has 0 saturated carbocycles. The van der Waals surface area contributed by atoms with Crippen LogP contribution in [0.4, 0.5) is 0 Å². The summed E-state index contributed by atoms with van der Waals surface area (Å²) in [5.41, 5.74) is 1.35. The van der Waals surface area contributed by atoms with E-state index in [1.165, 1.54) is 5.56 Å². The Hall–Kier alpha value is -0.840. The van der Waals surface area contributed by atoms with Gasteiger partial charge in [0.15, 0.2) is 0 Å². The van der Waals surface area contributed by atoms with Crippen LogP contribution in [0.3, 0.4) is 0 Å². The summed E-state index contributed by atoms with van der Waals surface area (Å²) in [5, 5.41) is 3.34. The molecule has 0 amide bonds. The normalized spacial score (nSPS) is 21.3. The third kappa shape index (κ3) is 3.83. The Labute approximate surface area is 110 Å². The molecule has 1 N–H and O–H groups in total. The molecular formula is C14H25N3O. The van der Waals surface area contributed by atoms with E-state index in [-0.39, 0.29) is 0 Å². The van der Waals surface area contributed by atoms with Gasteiger partial charge >= 0.3 is 0 Å². The summed E-state index contributed by atoms with van der Waals surface area (Å²) in [6.45, 7) is 11.4. The second kappa shape index (κ2) is 6.92. The summed E-state index contributed by atoms with van der Waals surface area (Å²) >= 11 is 0. The van der Waals surface area contributed by atoms with Crippen molar-refractivity contribution in [1.82, 2.24) is 14.8 Å². The average molecular weight is 251 g/mol. The van der Waals surface area contributed by atoms with E-state index in [2.05, 4.69) is 47.1 Å². The molecule has 1 aromatic heterocycles. The number of nitrogens with zero attached hydrogens (tertiary/aromatic N) is 2. The van der Waals surface area contributed by atoms with E-state index in [1.54, 1.807) is 0 Å². The van der Waals surface area contributed by atoms with Crippen LogP contribution in [0.25, 0.3) is 0 Å². The molecule has 1 unspecified atom stereocenters. The Morgan fingerprint density at radius 2 is 2.33 bits per heavy atom. The third-order valence-corrected chi connectivity index (χ3v) is 3.48. The zero-order chi connectivity index (χ0) is 12.8. The van der Waals surface area contributed by atoms with E-state index in [9.17, 15) is 0 Å². The van der Waals surface area contributed by atoms with Gasteiger partial charge in [0.05, 0.1) is 12.7 Å². The van der Waals surface area contributed by atoms with Crippen molar-refractivity contribution in [2.24, 2.45) is 0 Å². The van der Waals surface area contributed by atoms with Gasteiger partial charge in [-0.1, -0.05) is 13.8 Å². The Morgan fingerprint density at radius 1 is 1.44 bits per heavy atom. The molecule has 0 spiro atoms. The number of nitrogens with one attached hydrogen (secondary N) is 1. The highest BCUT2D eigenvalue weighted by Gasteiger charge is 2.19. The predicted molar refractivity (Wildman–Crippen MR) is 73.7 cm³/mol. The van der Waals surface area contributed by atoms with Gasteiger partial charge in [0.25, 0.3) is 0 Å². The van der Waals surface area contributed by atoms with Crippen LogP contribution in [0.5, 0.6) is 0 Å². The van der Waals surface area contributed by atoms with E-state index in [0.29, 0.717) is 6.10 Å². The zero-order valence-electron chi connectivity index (χ0n) is 11.6. The molecule has 1 saturated heterocycles. The molecule has 0 aliphatic carbocycles. The molecule has 1 aromatic rings. The highest BCUT2D eigenvalue weighted by atomic mass is 16.5. The molecule has 102 valence electrons. The minimum absolute atomic E-state index is 0.332. The Morgan fingerprint density at radius 3 is 3.11 bits per heavy atom. The topological polar surface area (TPSA) is 29.4 Å². The zero-order valence-corrected chi connectivity index (χ0v) is 11.6. The SMILES string of the molecule is CCNCc1ccn(CC2CN(CC)CCO2)c1. The van der Waals surface area contributed by atoms with Gasteiger partial charge in [-0.05, 0) is 24.7 Å². The number of morpholine rings is 1. The van der Waals surface area contributed by atoms with Crippen molar-refractivity contribution in [1.29, 1.82) is 0 Å². The van der Waals surface area contributed by atoms with Gasteiger partial charge in [-0.3, -0.25) is 4.90 Å². The smallest absolute Gasteiger partial charge is 0.0880 e. The molecule has 1 aliphatic heterocycles.